The first-order valence-electron chi connectivity index (χ1n) is 13.0. The van der Waals surface area contributed by atoms with E-state index in [-0.39, 0.29) is 0 Å². The molecule has 1 heterocycles. The Morgan fingerprint density at radius 3 is 2.11 bits per heavy atom. The molecule has 0 aliphatic carbocycles. The fourth-order valence-electron chi connectivity index (χ4n) is 4.25. The highest BCUT2D eigenvalue weighted by atomic mass is 16.5. The van der Waals surface area contributed by atoms with Gasteiger partial charge >= 0.3 is 0 Å². The second-order valence-corrected chi connectivity index (χ2v) is 8.81. The van der Waals surface area contributed by atoms with Crippen LogP contribution >= 0.6 is 0 Å². The van der Waals surface area contributed by atoms with E-state index in [1.165, 1.54) is 24.8 Å². The van der Waals surface area contributed by atoms with Crippen LogP contribution in [0.2, 0.25) is 0 Å². The summed E-state index contributed by atoms with van der Waals surface area (Å²) in [7, 11) is 0. The van der Waals surface area contributed by atoms with Crippen LogP contribution in [0.15, 0.2) is 85.1 Å². The monoisotopic (exact) mass is 480 g/mol. The minimum Gasteiger partial charge on any atom is -0.494 e. The highest BCUT2D eigenvalue weighted by Gasteiger charge is 2.11. The van der Waals surface area contributed by atoms with Gasteiger partial charge in [-0.05, 0) is 91.9 Å². The summed E-state index contributed by atoms with van der Waals surface area (Å²) >= 11 is 0. The first-order chi connectivity index (χ1) is 17.7. The third-order valence-electron chi connectivity index (χ3n) is 6.13. The van der Waals surface area contributed by atoms with Gasteiger partial charge in [0.1, 0.15) is 11.5 Å². The molecule has 0 radical (unpaired) electrons. The zero-order chi connectivity index (χ0) is 25.2. The third kappa shape index (κ3) is 6.66. The van der Waals surface area contributed by atoms with Crippen molar-refractivity contribution in [3.8, 4) is 33.9 Å². The van der Waals surface area contributed by atoms with Gasteiger partial charge in [0.2, 0.25) is 0 Å². The van der Waals surface area contributed by atoms with E-state index in [9.17, 15) is 0 Å². The van der Waals surface area contributed by atoms with Crippen LogP contribution in [-0.4, -0.2) is 18.2 Å². The average Bonchev–Trinajstić information content (AvgIpc) is 2.91. The number of rotatable bonds is 12. The van der Waals surface area contributed by atoms with E-state index in [4.69, 9.17) is 9.47 Å². The summed E-state index contributed by atoms with van der Waals surface area (Å²) < 4.78 is 11.5. The zero-order valence-corrected chi connectivity index (χ0v) is 21.6. The van der Waals surface area contributed by atoms with Gasteiger partial charge in [0, 0.05) is 29.2 Å². The summed E-state index contributed by atoms with van der Waals surface area (Å²) in [5.41, 5.74) is 7.65. The average molecular weight is 481 g/mol. The maximum atomic E-state index is 5.90. The van der Waals surface area contributed by atoms with Gasteiger partial charge in [-0.15, -0.1) is 0 Å². The van der Waals surface area contributed by atoms with Crippen LogP contribution < -0.4 is 14.8 Å². The van der Waals surface area contributed by atoms with Crippen LogP contribution in [0, 0.1) is 0 Å². The number of nitrogens with zero attached hydrogens (tertiary/aromatic N) is 1. The highest BCUT2D eigenvalue weighted by Crippen LogP contribution is 2.34. The maximum absolute atomic E-state index is 5.90. The van der Waals surface area contributed by atoms with Crippen LogP contribution in [0.1, 0.15) is 45.6 Å². The van der Waals surface area contributed by atoms with Gasteiger partial charge in [0.05, 0.1) is 18.9 Å². The lowest BCUT2D eigenvalue weighted by Gasteiger charge is -2.13. The van der Waals surface area contributed by atoms with Crippen LogP contribution in [0.3, 0.4) is 0 Å². The predicted molar refractivity (Wildman–Crippen MR) is 150 cm³/mol. The number of aryl methyl sites for hydroxylation is 1. The van der Waals surface area contributed by atoms with Crippen molar-refractivity contribution in [1.29, 1.82) is 0 Å². The summed E-state index contributed by atoms with van der Waals surface area (Å²) in [5.74, 6) is 1.58. The first kappa shape index (κ1) is 25.3. The smallest absolute Gasteiger partial charge is 0.132 e. The molecular weight excluding hydrogens is 444 g/mol. The number of hydrogen-bond donors (Lipinski definition) is 1. The molecule has 0 fully saturated rings. The quantitative estimate of drug-likeness (QED) is 0.206. The SMILES string of the molecule is CCCCCc1ccc(Nc2ccc(-c3ccnc(-c4ccc(OCC)cc4OCC)c3)cc2)cc1. The molecular formula is C32H36N2O2. The van der Waals surface area contributed by atoms with Crippen LogP contribution in [0.4, 0.5) is 11.4 Å². The van der Waals surface area contributed by atoms with Crippen molar-refractivity contribution in [2.75, 3.05) is 18.5 Å². The molecule has 0 unspecified atom stereocenters. The fourth-order valence-corrected chi connectivity index (χ4v) is 4.25. The molecule has 4 rings (SSSR count). The Morgan fingerprint density at radius 2 is 1.42 bits per heavy atom. The predicted octanol–water partition coefficient (Wildman–Crippen LogP) is 8.69. The lowest BCUT2D eigenvalue weighted by Crippen LogP contribution is -1.98. The van der Waals surface area contributed by atoms with E-state index in [0.717, 1.165) is 51.7 Å². The molecule has 0 amide bonds. The molecule has 0 bridgehead atoms. The molecule has 0 spiro atoms. The van der Waals surface area contributed by atoms with Crippen molar-refractivity contribution in [2.24, 2.45) is 0 Å². The molecule has 186 valence electrons. The third-order valence-corrected chi connectivity index (χ3v) is 6.13. The summed E-state index contributed by atoms with van der Waals surface area (Å²) in [6, 6.07) is 27.4. The van der Waals surface area contributed by atoms with E-state index in [0.29, 0.717) is 13.2 Å². The van der Waals surface area contributed by atoms with E-state index < -0.39 is 0 Å². The Kier molecular flexibility index (Phi) is 8.98. The Bertz CT molecular complexity index is 1230. The first-order valence-corrected chi connectivity index (χ1v) is 13.0. The summed E-state index contributed by atoms with van der Waals surface area (Å²) in [6.45, 7) is 7.40. The van der Waals surface area contributed by atoms with Crippen molar-refractivity contribution in [3.63, 3.8) is 0 Å². The maximum Gasteiger partial charge on any atom is 0.132 e. The van der Waals surface area contributed by atoms with Gasteiger partial charge in [-0.3, -0.25) is 4.98 Å². The molecule has 1 N–H and O–H groups in total. The number of aromatic nitrogens is 1. The Hall–Kier alpha value is -3.79. The lowest BCUT2D eigenvalue weighted by atomic mass is 10.0. The Balaban J connectivity index is 1.48. The van der Waals surface area contributed by atoms with Gasteiger partial charge in [-0.1, -0.05) is 44.0 Å². The van der Waals surface area contributed by atoms with Crippen molar-refractivity contribution in [1.82, 2.24) is 4.98 Å². The number of unbranched alkanes of at least 4 members (excludes halogenated alkanes) is 2. The van der Waals surface area contributed by atoms with Crippen LogP contribution in [0.25, 0.3) is 22.4 Å². The number of pyridine rings is 1. The highest BCUT2D eigenvalue weighted by molar-refractivity contribution is 5.75. The number of nitrogens with one attached hydrogen (secondary N) is 1. The second kappa shape index (κ2) is 12.8. The second-order valence-electron chi connectivity index (χ2n) is 8.81. The summed E-state index contributed by atoms with van der Waals surface area (Å²) in [4.78, 5) is 4.62. The summed E-state index contributed by atoms with van der Waals surface area (Å²) in [6.07, 6.45) is 6.81. The Morgan fingerprint density at radius 1 is 0.694 bits per heavy atom. The number of benzene rings is 3. The van der Waals surface area contributed by atoms with Crippen molar-refractivity contribution >= 4 is 11.4 Å². The van der Waals surface area contributed by atoms with E-state index in [1.807, 2.05) is 44.3 Å². The molecule has 0 saturated heterocycles. The number of anilines is 2. The molecule has 4 aromatic rings. The molecule has 0 atom stereocenters. The van der Waals surface area contributed by atoms with Gasteiger partial charge in [0.15, 0.2) is 0 Å². The Labute approximate surface area is 215 Å². The van der Waals surface area contributed by atoms with Crippen molar-refractivity contribution in [2.45, 2.75) is 46.5 Å². The van der Waals surface area contributed by atoms with Gasteiger partial charge < -0.3 is 14.8 Å². The summed E-state index contributed by atoms with van der Waals surface area (Å²) in [5, 5.41) is 3.51. The topological polar surface area (TPSA) is 43.4 Å². The van der Waals surface area contributed by atoms with Crippen molar-refractivity contribution in [3.05, 3.63) is 90.6 Å². The fraction of sp³-hybridized carbons (Fsp3) is 0.281. The molecule has 4 heteroatoms. The van der Waals surface area contributed by atoms with E-state index in [1.54, 1.807) is 0 Å². The lowest BCUT2D eigenvalue weighted by molar-refractivity contribution is 0.324. The largest absolute Gasteiger partial charge is 0.494 e. The van der Waals surface area contributed by atoms with Gasteiger partial charge in [-0.25, -0.2) is 0 Å². The minimum atomic E-state index is 0.582. The molecule has 36 heavy (non-hydrogen) atoms. The molecule has 3 aromatic carbocycles. The molecule has 0 aliphatic heterocycles. The van der Waals surface area contributed by atoms with Crippen molar-refractivity contribution < 1.29 is 9.47 Å². The van der Waals surface area contributed by atoms with E-state index >= 15 is 0 Å². The zero-order valence-electron chi connectivity index (χ0n) is 21.6. The van der Waals surface area contributed by atoms with Crippen LogP contribution in [-0.2, 0) is 6.42 Å². The van der Waals surface area contributed by atoms with E-state index in [2.05, 4.69) is 71.8 Å². The molecule has 1 aromatic heterocycles. The molecule has 0 saturated carbocycles. The number of ether oxygens (including phenoxy) is 2. The van der Waals surface area contributed by atoms with Gasteiger partial charge in [0.25, 0.3) is 0 Å². The normalized spacial score (nSPS) is 10.8. The van der Waals surface area contributed by atoms with Crippen LogP contribution in [0.5, 0.6) is 11.5 Å². The number of hydrogen-bond acceptors (Lipinski definition) is 4. The molecule has 0 aliphatic rings. The van der Waals surface area contributed by atoms with Gasteiger partial charge in [-0.2, -0.15) is 0 Å². The minimum absolute atomic E-state index is 0.582. The molecule has 4 nitrogen and oxygen atoms in total. The standard InChI is InChI=1S/C32H36N2O2/c1-4-7-8-9-24-10-14-27(15-11-24)34-28-16-12-25(13-17-28)26-20-21-33-31(22-26)30-19-18-29(35-5-2)23-32(30)36-6-3/h10-23,34H,4-9H2,1-3H3.